The van der Waals surface area contributed by atoms with Gasteiger partial charge < -0.3 is 15.3 Å². The van der Waals surface area contributed by atoms with Crippen molar-refractivity contribution >= 4 is 29.6 Å². The smallest absolute Gasteiger partial charge is 0.328 e. The van der Waals surface area contributed by atoms with Gasteiger partial charge in [-0.3, -0.25) is 4.79 Å². The fourth-order valence-electron chi connectivity index (χ4n) is 1.49. The van der Waals surface area contributed by atoms with Gasteiger partial charge in [-0.25, -0.2) is 4.79 Å². The number of carbonyl (C=O) groups excluding carboxylic acids is 1. The van der Waals surface area contributed by atoms with E-state index in [0.29, 0.717) is 22.7 Å². The number of hydrogen-bond donors (Lipinski definition) is 2. The number of halogens is 1. The van der Waals surface area contributed by atoms with E-state index in [-0.39, 0.29) is 11.9 Å². The maximum Gasteiger partial charge on any atom is 0.328 e. The summed E-state index contributed by atoms with van der Waals surface area (Å²) in [7, 11) is 3.88. The topological polar surface area (TPSA) is 69.6 Å². The number of hydrogen-bond acceptors (Lipinski definition) is 3. The van der Waals surface area contributed by atoms with Crippen molar-refractivity contribution in [1.82, 2.24) is 10.2 Å². The Morgan fingerprint density at radius 3 is 2.62 bits per heavy atom. The molecule has 0 aromatic heterocycles. The fourth-order valence-corrected chi connectivity index (χ4v) is 1.73. The molecule has 21 heavy (non-hydrogen) atoms. The molecular weight excluding hydrogens is 292 g/mol. The molecule has 2 N–H and O–H groups in total. The lowest BCUT2D eigenvalue weighted by atomic mass is 10.1. The van der Waals surface area contributed by atoms with E-state index < -0.39 is 5.97 Å². The first-order chi connectivity index (χ1) is 9.81. The van der Waals surface area contributed by atoms with E-state index in [1.165, 1.54) is 12.1 Å². The molecule has 0 aliphatic rings. The second-order valence-electron chi connectivity index (χ2n) is 4.93. The summed E-state index contributed by atoms with van der Waals surface area (Å²) in [4.78, 5) is 24.5. The molecule has 6 heteroatoms. The van der Waals surface area contributed by atoms with Gasteiger partial charge >= 0.3 is 5.97 Å². The SMILES string of the molecule is CC(CNC(=O)c1ccc(/C=C/C(=O)O)c(Cl)c1)N(C)C. The third kappa shape index (κ3) is 5.57. The number of rotatable bonds is 6. The molecule has 1 amide bonds. The molecule has 1 unspecified atom stereocenters. The maximum atomic E-state index is 12.0. The molecule has 0 heterocycles. The van der Waals surface area contributed by atoms with Crippen LogP contribution in [0.5, 0.6) is 0 Å². The van der Waals surface area contributed by atoms with Crippen molar-refractivity contribution in [1.29, 1.82) is 0 Å². The van der Waals surface area contributed by atoms with Gasteiger partial charge in [0.2, 0.25) is 0 Å². The Balaban J connectivity index is 2.74. The number of benzene rings is 1. The Kier molecular flexibility index (Phi) is 6.39. The van der Waals surface area contributed by atoms with Crippen LogP contribution in [-0.4, -0.2) is 48.6 Å². The number of carboxylic acid groups (broad SMARTS) is 1. The van der Waals surface area contributed by atoms with Crippen LogP contribution in [0.1, 0.15) is 22.8 Å². The molecule has 0 bridgehead atoms. The van der Waals surface area contributed by atoms with Gasteiger partial charge in [0.05, 0.1) is 0 Å². The van der Waals surface area contributed by atoms with Crippen LogP contribution in [0.4, 0.5) is 0 Å². The van der Waals surface area contributed by atoms with Gasteiger partial charge in [-0.1, -0.05) is 17.7 Å². The van der Waals surface area contributed by atoms with Crippen molar-refractivity contribution in [2.75, 3.05) is 20.6 Å². The fraction of sp³-hybridized carbons (Fsp3) is 0.333. The summed E-state index contributed by atoms with van der Waals surface area (Å²) in [5.41, 5.74) is 0.996. The molecule has 1 aromatic rings. The minimum absolute atomic E-state index is 0.209. The van der Waals surface area contributed by atoms with Crippen molar-refractivity contribution in [3.8, 4) is 0 Å². The number of aliphatic carboxylic acids is 1. The minimum atomic E-state index is -1.05. The highest BCUT2D eigenvalue weighted by Gasteiger charge is 2.10. The maximum absolute atomic E-state index is 12.0. The highest BCUT2D eigenvalue weighted by molar-refractivity contribution is 6.32. The Morgan fingerprint density at radius 2 is 2.10 bits per heavy atom. The van der Waals surface area contributed by atoms with Crippen LogP contribution in [0.25, 0.3) is 6.08 Å². The lowest BCUT2D eigenvalue weighted by Gasteiger charge is -2.20. The molecule has 0 radical (unpaired) electrons. The van der Waals surface area contributed by atoms with Gasteiger partial charge in [-0.15, -0.1) is 0 Å². The minimum Gasteiger partial charge on any atom is -0.478 e. The summed E-state index contributed by atoms with van der Waals surface area (Å²) in [6.07, 6.45) is 2.39. The predicted octanol–water partition coefficient (Wildman–Crippen LogP) is 2.12. The zero-order valence-electron chi connectivity index (χ0n) is 12.3. The van der Waals surface area contributed by atoms with Gasteiger partial charge in [0.1, 0.15) is 0 Å². The van der Waals surface area contributed by atoms with Crippen molar-refractivity contribution in [3.63, 3.8) is 0 Å². The largest absolute Gasteiger partial charge is 0.478 e. The van der Waals surface area contributed by atoms with Crippen LogP contribution in [-0.2, 0) is 4.79 Å². The monoisotopic (exact) mass is 310 g/mol. The van der Waals surface area contributed by atoms with Crippen molar-refractivity contribution in [2.45, 2.75) is 13.0 Å². The van der Waals surface area contributed by atoms with Crippen LogP contribution in [0.2, 0.25) is 5.02 Å². The highest BCUT2D eigenvalue weighted by atomic mass is 35.5. The van der Waals surface area contributed by atoms with Gasteiger partial charge in [0, 0.05) is 29.2 Å². The molecule has 1 atom stereocenters. The zero-order valence-corrected chi connectivity index (χ0v) is 13.0. The van der Waals surface area contributed by atoms with Crippen molar-refractivity contribution in [2.24, 2.45) is 0 Å². The van der Waals surface area contributed by atoms with Gasteiger partial charge in [0.15, 0.2) is 0 Å². The molecule has 5 nitrogen and oxygen atoms in total. The van der Waals surface area contributed by atoms with E-state index in [0.717, 1.165) is 6.08 Å². The third-order valence-corrected chi connectivity index (χ3v) is 3.44. The average Bonchev–Trinajstić information content (AvgIpc) is 2.42. The van der Waals surface area contributed by atoms with Crippen molar-refractivity contribution < 1.29 is 14.7 Å². The lowest BCUT2D eigenvalue weighted by molar-refractivity contribution is -0.131. The third-order valence-electron chi connectivity index (χ3n) is 3.11. The number of amides is 1. The highest BCUT2D eigenvalue weighted by Crippen LogP contribution is 2.19. The Bertz CT molecular complexity index is 556. The Morgan fingerprint density at radius 1 is 1.43 bits per heavy atom. The summed E-state index contributed by atoms with van der Waals surface area (Å²) in [6.45, 7) is 2.54. The molecule has 0 saturated carbocycles. The van der Waals surface area contributed by atoms with Gasteiger partial charge in [-0.05, 0) is 44.8 Å². The van der Waals surface area contributed by atoms with Gasteiger partial charge in [-0.2, -0.15) is 0 Å². The van der Waals surface area contributed by atoms with Crippen LogP contribution in [0.15, 0.2) is 24.3 Å². The van der Waals surface area contributed by atoms with E-state index in [2.05, 4.69) is 5.32 Å². The summed E-state index contributed by atoms with van der Waals surface area (Å²) in [5, 5.41) is 11.7. The normalized spacial score (nSPS) is 12.6. The summed E-state index contributed by atoms with van der Waals surface area (Å²) < 4.78 is 0. The van der Waals surface area contributed by atoms with E-state index in [4.69, 9.17) is 16.7 Å². The lowest BCUT2D eigenvalue weighted by Crippen LogP contribution is -2.38. The standard InChI is InChI=1S/C15H19ClN2O3/c1-10(18(2)3)9-17-15(21)12-5-4-11(13(16)8-12)6-7-14(19)20/h4-8,10H,9H2,1-3H3,(H,17,21)(H,19,20)/b7-6+. The summed E-state index contributed by atoms with van der Waals surface area (Å²) in [5.74, 6) is -1.26. The molecule has 1 rings (SSSR count). The second-order valence-corrected chi connectivity index (χ2v) is 5.34. The summed E-state index contributed by atoms with van der Waals surface area (Å²) >= 11 is 6.04. The summed E-state index contributed by atoms with van der Waals surface area (Å²) in [6, 6.07) is 4.98. The average molecular weight is 311 g/mol. The van der Waals surface area contributed by atoms with Crippen LogP contribution in [0.3, 0.4) is 0 Å². The zero-order chi connectivity index (χ0) is 16.0. The quantitative estimate of drug-likeness (QED) is 0.790. The molecular formula is C15H19ClN2O3. The molecule has 0 aliphatic heterocycles. The van der Waals surface area contributed by atoms with Gasteiger partial charge in [0.25, 0.3) is 5.91 Å². The molecule has 1 aromatic carbocycles. The van der Waals surface area contributed by atoms with Crippen molar-refractivity contribution in [3.05, 3.63) is 40.4 Å². The molecule has 0 fully saturated rings. The van der Waals surface area contributed by atoms with E-state index >= 15 is 0 Å². The molecule has 114 valence electrons. The number of likely N-dealkylation sites (N-methyl/N-ethyl adjacent to an activating group) is 1. The van der Waals surface area contributed by atoms with E-state index in [1.807, 2.05) is 25.9 Å². The second kappa shape index (κ2) is 7.81. The predicted molar refractivity (Wildman–Crippen MR) is 83.6 cm³/mol. The first-order valence-electron chi connectivity index (χ1n) is 6.46. The van der Waals surface area contributed by atoms with E-state index in [1.54, 1.807) is 12.1 Å². The number of carbonyl (C=O) groups is 2. The molecule has 0 saturated heterocycles. The first-order valence-corrected chi connectivity index (χ1v) is 6.84. The molecule has 0 aliphatic carbocycles. The number of nitrogens with zero attached hydrogens (tertiary/aromatic N) is 1. The number of nitrogens with one attached hydrogen (secondary N) is 1. The number of carboxylic acids is 1. The van der Waals surface area contributed by atoms with Crippen LogP contribution < -0.4 is 5.32 Å². The first kappa shape index (κ1) is 17.2. The Hall–Kier alpha value is -1.85. The molecule has 0 spiro atoms. The van der Waals surface area contributed by atoms with Crippen LogP contribution in [0, 0.1) is 0 Å². The van der Waals surface area contributed by atoms with Crippen LogP contribution >= 0.6 is 11.6 Å². The Labute approximate surface area is 129 Å². The van der Waals surface area contributed by atoms with E-state index in [9.17, 15) is 9.59 Å².